The normalized spacial score (nSPS) is 17.4. The van der Waals surface area contributed by atoms with Gasteiger partial charge in [0.2, 0.25) is 5.90 Å². The Bertz CT molecular complexity index is 1440. The predicted molar refractivity (Wildman–Crippen MR) is 164 cm³/mol. The number of hydrogen-bond acceptors (Lipinski definition) is 8. The van der Waals surface area contributed by atoms with Gasteiger partial charge in [-0.2, -0.15) is 0 Å². The first kappa shape index (κ1) is 31.4. The van der Waals surface area contributed by atoms with E-state index in [4.69, 9.17) is 24.3 Å². The molecule has 0 saturated heterocycles. The lowest BCUT2D eigenvalue weighted by atomic mass is 9.81. The van der Waals surface area contributed by atoms with Gasteiger partial charge in [-0.15, -0.1) is 0 Å². The van der Waals surface area contributed by atoms with Gasteiger partial charge in [0, 0.05) is 42.2 Å². The molecular weight excluding hydrogens is 548 g/mol. The summed E-state index contributed by atoms with van der Waals surface area (Å²) in [6, 6.07) is 21.7. The number of nitrogens with one attached hydrogen (secondary N) is 2. The number of carbonyl (C=O) groups is 1. The predicted octanol–water partition coefficient (Wildman–Crippen LogP) is 5.71. The number of methoxy groups -OCH3 is 1. The molecule has 0 radical (unpaired) electrons. The number of rotatable bonds is 16. The Kier molecular flexibility index (Phi) is 11.4. The maximum Gasteiger partial charge on any atom is 0.266 e. The monoisotopic (exact) mass is 586 g/mol. The molecule has 0 aliphatic carbocycles. The minimum absolute atomic E-state index is 0.0504. The third-order valence-electron chi connectivity index (χ3n) is 7.14. The number of ether oxygens (including phenoxy) is 3. The highest BCUT2D eigenvalue weighted by Crippen LogP contribution is 2.44. The van der Waals surface area contributed by atoms with E-state index in [0.717, 1.165) is 19.3 Å². The molecule has 1 heterocycles. The van der Waals surface area contributed by atoms with Crippen LogP contribution in [0.2, 0.25) is 0 Å². The highest BCUT2D eigenvalue weighted by Gasteiger charge is 2.53. The SMILES string of the molecule is CCCCCNNC(=O)[C@@]1(Cc2ccccc2N=[N+]=[N-])N=C(c2ccc(OCCCO)cc2)O[C@H]1c1cccc(OC)c1. The number of aliphatic imine (C=N–C) groups is 1. The van der Waals surface area contributed by atoms with Crippen molar-refractivity contribution in [3.63, 3.8) is 0 Å². The molecule has 0 aromatic heterocycles. The summed E-state index contributed by atoms with van der Waals surface area (Å²) in [5.74, 6) is 1.16. The Hall–Kier alpha value is -4.57. The van der Waals surface area contributed by atoms with Crippen LogP contribution >= 0.6 is 0 Å². The zero-order valence-electron chi connectivity index (χ0n) is 24.5. The van der Waals surface area contributed by atoms with Crippen molar-refractivity contribution in [2.75, 3.05) is 26.9 Å². The molecule has 226 valence electrons. The Morgan fingerprint density at radius 2 is 1.91 bits per heavy atom. The molecule has 2 atom stereocenters. The topological polar surface area (TPSA) is 150 Å². The molecule has 43 heavy (non-hydrogen) atoms. The Morgan fingerprint density at radius 3 is 2.65 bits per heavy atom. The zero-order valence-corrected chi connectivity index (χ0v) is 24.5. The molecule has 1 amide bonds. The highest BCUT2D eigenvalue weighted by atomic mass is 16.5. The number of unbranched alkanes of at least 4 members (excludes halogenated alkanes) is 2. The van der Waals surface area contributed by atoms with E-state index in [2.05, 4.69) is 27.8 Å². The second kappa shape index (κ2) is 15.6. The van der Waals surface area contributed by atoms with E-state index in [1.807, 2.05) is 48.5 Å². The summed E-state index contributed by atoms with van der Waals surface area (Å²) in [4.78, 5) is 22.3. The van der Waals surface area contributed by atoms with Crippen LogP contribution in [-0.4, -0.2) is 49.3 Å². The Balaban J connectivity index is 1.79. The first-order valence-corrected chi connectivity index (χ1v) is 14.5. The molecule has 0 bridgehead atoms. The first-order valence-electron chi connectivity index (χ1n) is 14.5. The average Bonchev–Trinajstić information content (AvgIpc) is 3.43. The molecule has 3 N–H and O–H groups in total. The van der Waals surface area contributed by atoms with Crippen molar-refractivity contribution in [3.05, 3.63) is 99.9 Å². The Labute approximate surface area is 251 Å². The van der Waals surface area contributed by atoms with Gasteiger partial charge < -0.3 is 19.3 Å². The van der Waals surface area contributed by atoms with Gasteiger partial charge in [-0.1, -0.05) is 61.3 Å². The standard InChI is InChI=1S/C32H38N6O5/c1-3-4-7-18-34-37-31(40)32(22-25-10-5-6-13-28(25)36-38-33)29(24-11-8-12-27(21-24)41-2)43-30(35-32)23-14-16-26(17-15-23)42-20-9-19-39/h5-6,8,10-17,21,29,34,39H,3-4,7,9,18-20,22H2,1-2H3,(H,37,40)/t29-,32-/m0/s1. The van der Waals surface area contributed by atoms with E-state index >= 15 is 0 Å². The van der Waals surface area contributed by atoms with Gasteiger partial charge in [-0.25, -0.2) is 10.4 Å². The summed E-state index contributed by atoms with van der Waals surface area (Å²) in [5.41, 5.74) is 16.1. The van der Waals surface area contributed by atoms with Crippen molar-refractivity contribution in [1.82, 2.24) is 10.9 Å². The summed E-state index contributed by atoms with van der Waals surface area (Å²) < 4.78 is 17.7. The van der Waals surface area contributed by atoms with Crippen LogP contribution in [0.3, 0.4) is 0 Å². The zero-order chi connectivity index (χ0) is 30.5. The van der Waals surface area contributed by atoms with Gasteiger partial charge in [-0.05, 0) is 59.5 Å². The second-order valence-corrected chi connectivity index (χ2v) is 10.1. The molecule has 0 spiro atoms. The molecule has 0 fully saturated rings. The van der Waals surface area contributed by atoms with Crippen molar-refractivity contribution in [3.8, 4) is 11.5 Å². The second-order valence-electron chi connectivity index (χ2n) is 10.1. The lowest BCUT2D eigenvalue weighted by Gasteiger charge is -2.31. The van der Waals surface area contributed by atoms with Gasteiger partial charge >= 0.3 is 0 Å². The molecule has 11 nitrogen and oxygen atoms in total. The number of amides is 1. The van der Waals surface area contributed by atoms with Crippen LogP contribution in [0.1, 0.15) is 55.4 Å². The summed E-state index contributed by atoms with van der Waals surface area (Å²) in [6.45, 7) is 3.16. The van der Waals surface area contributed by atoms with Crippen molar-refractivity contribution < 1.29 is 24.1 Å². The lowest BCUT2D eigenvalue weighted by molar-refractivity contribution is -0.130. The van der Waals surface area contributed by atoms with Crippen LogP contribution in [-0.2, 0) is 16.0 Å². The van der Waals surface area contributed by atoms with E-state index in [-0.39, 0.29) is 24.8 Å². The quantitative estimate of drug-likeness (QED) is 0.0643. The van der Waals surface area contributed by atoms with Crippen LogP contribution < -0.4 is 20.3 Å². The summed E-state index contributed by atoms with van der Waals surface area (Å²) in [7, 11) is 1.58. The number of azide groups is 1. The fraction of sp³-hybridized carbons (Fsp3) is 0.375. The van der Waals surface area contributed by atoms with Crippen LogP contribution in [0.5, 0.6) is 11.5 Å². The fourth-order valence-corrected chi connectivity index (χ4v) is 4.90. The Morgan fingerprint density at radius 1 is 1.09 bits per heavy atom. The number of benzene rings is 3. The number of carbonyl (C=O) groups excluding carboxylic acids is 1. The summed E-state index contributed by atoms with van der Waals surface area (Å²) >= 11 is 0. The smallest absolute Gasteiger partial charge is 0.266 e. The molecular formula is C32H38N6O5. The average molecular weight is 587 g/mol. The third kappa shape index (κ3) is 7.84. The van der Waals surface area contributed by atoms with Gasteiger partial charge in [-0.3, -0.25) is 10.2 Å². The molecule has 3 aromatic carbocycles. The molecule has 0 unspecified atom stereocenters. The van der Waals surface area contributed by atoms with Crippen molar-refractivity contribution in [2.45, 2.75) is 50.7 Å². The van der Waals surface area contributed by atoms with Crippen molar-refractivity contribution in [2.24, 2.45) is 10.1 Å². The van der Waals surface area contributed by atoms with Crippen molar-refractivity contribution >= 4 is 17.5 Å². The van der Waals surface area contributed by atoms with Gasteiger partial charge in [0.15, 0.2) is 11.6 Å². The molecule has 1 aliphatic heterocycles. The maximum absolute atomic E-state index is 14.3. The minimum atomic E-state index is -1.48. The van der Waals surface area contributed by atoms with Gasteiger partial charge in [0.05, 0.1) is 13.7 Å². The van der Waals surface area contributed by atoms with Crippen LogP contribution in [0, 0.1) is 0 Å². The van der Waals surface area contributed by atoms with E-state index in [1.54, 1.807) is 31.4 Å². The first-order chi connectivity index (χ1) is 21.0. The fourth-order valence-electron chi connectivity index (χ4n) is 4.90. The van der Waals surface area contributed by atoms with E-state index in [1.165, 1.54) is 0 Å². The summed E-state index contributed by atoms with van der Waals surface area (Å²) in [6.07, 6.45) is 2.78. The third-order valence-corrected chi connectivity index (χ3v) is 7.14. The number of nitrogens with zero attached hydrogens (tertiary/aromatic N) is 4. The summed E-state index contributed by atoms with van der Waals surface area (Å²) in [5, 5.41) is 12.9. The number of hydrazine groups is 1. The van der Waals surface area contributed by atoms with Crippen LogP contribution in [0.25, 0.3) is 10.4 Å². The van der Waals surface area contributed by atoms with Gasteiger partial charge in [0.25, 0.3) is 5.91 Å². The molecule has 0 saturated carbocycles. The van der Waals surface area contributed by atoms with E-state index in [0.29, 0.717) is 53.4 Å². The molecule has 1 aliphatic rings. The van der Waals surface area contributed by atoms with Crippen LogP contribution in [0.15, 0.2) is 82.9 Å². The molecule has 3 aromatic rings. The van der Waals surface area contributed by atoms with Crippen molar-refractivity contribution in [1.29, 1.82) is 0 Å². The number of hydrogen-bond donors (Lipinski definition) is 3. The van der Waals surface area contributed by atoms with E-state index < -0.39 is 11.6 Å². The van der Waals surface area contributed by atoms with E-state index in [9.17, 15) is 10.3 Å². The number of aliphatic hydroxyl groups is 1. The molecule has 4 rings (SSSR count). The molecule has 11 heteroatoms. The maximum atomic E-state index is 14.3. The largest absolute Gasteiger partial charge is 0.497 e. The van der Waals surface area contributed by atoms with Crippen LogP contribution in [0.4, 0.5) is 5.69 Å². The number of aliphatic hydroxyl groups excluding tert-OH is 1. The highest BCUT2D eigenvalue weighted by molar-refractivity contribution is 6.01. The van der Waals surface area contributed by atoms with Gasteiger partial charge in [0.1, 0.15) is 11.5 Å². The minimum Gasteiger partial charge on any atom is -0.497 e. The lowest BCUT2D eigenvalue weighted by Crippen LogP contribution is -2.54.